The molecule has 0 radical (unpaired) electrons. The molecule has 0 spiro atoms. The van der Waals surface area contributed by atoms with Gasteiger partial charge in [0.15, 0.2) is 0 Å². The van der Waals surface area contributed by atoms with Crippen LogP contribution in [0, 0.1) is 5.82 Å². The number of pyridine rings is 1. The van der Waals surface area contributed by atoms with E-state index in [2.05, 4.69) is 20.0 Å². The summed E-state index contributed by atoms with van der Waals surface area (Å²) in [4.78, 5) is 10.8. The molecule has 0 N–H and O–H groups in total. The van der Waals surface area contributed by atoms with Gasteiger partial charge in [-0.1, -0.05) is 6.07 Å². The summed E-state index contributed by atoms with van der Waals surface area (Å²) in [5.41, 5.74) is 1.84. The van der Waals surface area contributed by atoms with E-state index in [1.807, 2.05) is 16.8 Å². The van der Waals surface area contributed by atoms with Crippen LogP contribution in [0.1, 0.15) is 18.4 Å². The van der Waals surface area contributed by atoms with Crippen LogP contribution in [0.4, 0.5) is 4.39 Å². The number of hydrogen-bond donors (Lipinski definition) is 0. The monoisotopic (exact) mass is 311 g/mol. The summed E-state index contributed by atoms with van der Waals surface area (Å²) in [5.74, 6) is -0.201. The molecule has 1 atom stereocenters. The first kappa shape index (κ1) is 14.3. The first-order valence-electron chi connectivity index (χ1n) is 7.89. The Hall–Kier alpha value is -2.34. The van der Waals surface area contributed by atoms with Crippen LogP contribution >= 0.6 is 0 Å². The second kappa shape index (κ2) is 6.04. The topological polar surface area (TPSA) is 46.8 Å². The van der Waals surface area contributed by atoms with Crippen molar-refractivity contribution in [2.24, 2.45) is 0 Å². The Bertz CT molecular complexity index is 802. The molecule has 1 saturated heterocycles. The van der Waals surface area contributed by atoms with Crippen LogP contribution in [0.3, 0.4) is 0 Å². The zero-order valence-electron chi connectivity index (χ0n) is 12.8. The molecule has 1 fully saturated rings. The van der Waals surface area contributed by atoms with Crippen molar-refractivity contribution in [1.82, 2.24) is 24.6 Å². The molecule has 0 unspecified atom stereocenters. The summed E-state index contributed by atoms with van der Waals surface area (Å²) in [7, 11) is 0. The molecule has 2 aromatic heterocycles. The van der Waals surface area contributed by atoms with Crippen LogP contribution in [-0.4, -0.2) is 37.2 Å². The van der Waals surface area contributed by atoms with E-state index in [-0.39, 0.29) is 5.82 Å². The van der Waals surface area contributed by atoms with Crippen LogP contribution in [0.5, 0.6) is 0 Å². The number of likely N-dealkylation sites (tertiary alicyclic amines) is 1. The minimum atomic E-state index is -0.201. The highest BCUT2D eigenvalue weighted by molar-refractivity contribution is 5.81. The van der Waals surface area contributed by atoms with Crippen LogP contribution in [0.2, 0.25) is 0 Å². The maximum atomic E-state index is 13.9. The number of hydrogen-bond acceptors (Lipinski definition) is 4. The predicted octanol–water partition coefficient (Wildman–Crippen LogP) is 2.63. The molecule has 6 heteroatoms. The van der Waals surface area contributed by atoms with Gasteiger partial charge >= 0.3 is 0 Å². The van der Waals surface area contributed by atoms with Crippen molar-refractivity contribution in [2.75, 3.05) is 6.54 Å². The highest BCUT2D eigenvalue weighted by Crippen LogP contribution is 2.25. The van der Waals surface area contributed by atoms with Gasteiger partial charge in [0.2, 0.25) is 0 Å². The van der Waals surface area contributed by atoms with Crippen molar-refractivity contribution in [1.29, 1.82) is 0 Å². The van der Waals surface area contributed by atoms with Gasteiger partial charge in [-0.3, -0.25) is 14.6 Å². The molecule has 1 aliphatic heterocycles. The SMILES string of the molecule is Fc1cc(CN2CCC[C@H]2Cn2cncn2)c2ncccc2c1. The van der Waals surface area contributed by atoms with Crippen molar-refractivity contribution in [3.05, 3.63) is 54.5 Å². The first-order valence-corrected chi connectivity index (χ1v) is 7.89. The van der Waals surface area contributed by atoms with E-state index in [0.717, 1.165) is 42.4 Å². The number of fused-ring (bicyclic) bond motifs is 1. The Morgan fingerprint density at radius 3 is 3.13 bits per heavy atom. The maximum Gasteiger partial charge on any atom is 0.137 e. The Kier molecular flexibility index (Phi) is 3.75. The lowest BCUT2D eigenvalue weighted by atomic mass is 10.1. The van der Waals surface area contributed by atoms with E-state index in [1.165, 1.54) is 0 Å². The molecule has 118 valence electrons. The lowest BCUT2D eigenvalue weighted by Gasteiger charge is -2.24. The van der Waals surface area contributed by atoms with Crippen molar-refractivity contribution < 1.29 is 4.39 Å². The molecule has 3 heterocycles. The van der Waals surface area contributed by atoms with Crippen molar-refractivity contribution in [3.8, 4) is 0 Å². The average molecular weight is 311 g/mol. The Balaban J connectivity index is 1.59. The van der Waals surface area contributed by atoms with Crippen LogP contribution in [0.25, 0.3) is 10.9 Å². The smallest absolute Gasteiger partial charge is 0.137 e. The summed E-state index contributed by atoms with van der Waals surface area (Å²) in [6, 6.07) is 7.31. The minimum absolute atomic E-state index is 0.201. The van der Waals surface area contributed by atoms with Gasteiger partial charge in [-0.15, -0.1) is 0 Å². The maximum absolute atomic E-state index is 13.9. The molecule has 0 saturated carbocycles. The molecule has 3 aromatic rings. The highest BCUT2D eigenvalue weighted by atomic mass is 19.1. The lowest BCUT2D eigenvalue weighted by molar-refractivity contribution is 0.219. The number of rotatable bonds is 4. The summed E-state index contributed by atoms with van der Waals surface area (Å²) in [6.07, 6.45) is 7.35. The quantitative estimate of drug-likeness (QED) is 0.743. The third-order valence-electron chi connectivity index (χ3n) is 4.49. The molecule has 5 nitrogen and oxygen atoms in total. The van der Waals surface area contributed by atoms with Crippen LogP contribution in [0.15, 0.2) is 43.1 Å². The van der Waals surface area contributed by atoms with Gasteiger partial charge in [0, 0.05) is 24.2 Å². The fourth-order valence-electron chi connectivity index (χ4n) is 3.42. The van der Waals surface area contributed by atoms with Crippen molar-refractivity contribution in [2.45, 2.75) is 32.0 Å². The van der Waals surface area contributed by atoms with Gasteiger partial charge in [0.1, 0.15) is 18.5 Å². The van der Waals surface area contributed by atoms with Gasteiger partial charge in [0.25, 0.3) is 0 Å². The van der Waals surface area contributed by atoms with E-state index in [9.17, 15) is 4.39 Å². The zero-order chi connectivity index (χ0) is 15.6. The third kappa shape index (κ3) is 2.94. The second-order valence-electron chi connectivity index (χ2n) is 6.02. The number of nitrogens with zero attached hydrogens (tertiary/aromatic N) is 5. The van der Waals surface area contributed by atoms with Gasteiger partial charge in [-0.25, -0.2) is 9.37 Å². The summed E-state index contributed by atoms with van der Waals surface area (Å²) >= 11 is 0. The molecule has 0 amide bonds. The van der Waals surface area contributed by atoms with Crippen molar-refractivity contribution in [3.63, 3.8) is 0 Å². The number of halogens is 1. The minimum Gasteiger partial charge on any atom is -0.294 e. The predicted molar refractivity (Wildman–Crippen MR) is 85.2 cm³/mol. The Morgan fingerprint density at radius 1 is 1.30 bits per heavy atom. The van der Waals surface area contributed by atoms with E-state index in [4.69, 9.17) is 0 Å². The largest absolute Gasteiger partial charge is 0.294 e. The molecule has 4 rings (SSSR count). The number of aromatic nitrogens is 4. The standard InChI is InChI=1S/C17H18FN5/c18-15-7-13-3-1-5-20-17(13)14(8-15)9-22-6-2-4-16(22)10-23-12-19-11-21-23/h1,3,5,7-8,11-12,16H,2,4,6,9-10H2/t16-/m0/s1. The molecule has 0 aliphatic carbocycles. The van der Waals surface area contributed by atoms with Gasteiger partial charge in [-0.05, 0) is 43.1 Å². The molecule has 1 aromatic carbocycles. The molecular weight excluding hydrogens is 293 g/mol. The summed E-state index contributed by atoms with van der Waals surface area (Å²) in [5, 5.41) is 5.05. The second-order valence-corrected chi connectivity index (χ2v) is 6.02. The summed E-state index contributed by atoms with van der Waals surface area (Å²) < 4.78 is 15.8. The van der Waals surface area contributed by atoms with Crippen LogP contribution < -0.4 is 0 Å². The average Bonchev–Trinajstić information content (AvgIpc) is 3.20. The van der Waals surface area contributed by atoms with E-state index < -0.39 is 0 Å². The van der Waals surface area contributed by atoms with Crippen molar-refractivity contribution >= 4 is 10.9 Å². The van der Waals surface area contributed by atoms with E-state index in [0.29, 0.717) is 12.6 Å². The molecule has 0 bridgehead atoms. The zero-order valence-corrected chi connectivity index (χ0v) is 12.8. The normalized spacial score (nSPS) is 18.7. The Morgan fingerprint density at radius 2 is 2.26 bits per heavy atom. The molecule has 23 heavy (non-hydrogen) atoms. The number of benzene rings is 1. The molecular formula is C17H18FN5. The highest BCUT2D eigenvalue weighted by Gasteiger charge is 2.25. The Labute approximate surface area is 133 Å². The van der Waals surface area contributed by atoms with Crippen LogP contribution in [-0.2, 0) is 13.1 Å². The van der Waals surface area contributed by atoms with E-state index in [1.54, 1.807) is 31.0 Å². The van der Waals surface area contributed by atoms with Gasteiger partial charge in [0.05, 0.1) is 12.1 Å². The van der Waals surface area contributed by atoms with Gasteiger partial charge in [-0.2, -0.15) is 5.10 Å². The first-order chi connectivity index (χ1) is 11.3. The summed E-state index contributed by atoms with van der Waals surface area (Å²) in [6.45, 7) is 2.55. The third-order valence-corrected chi connectivity index (χ3v) is 4.49. The fraction of sp³-hybridized carbons (Fsp3) is 0.353. The lowest BCUT2D eigenvalue weighted by Crippen LogP contribution is -2.32. The fourth-order valence-corrected chi connectivity index (χ4v) is 3.42. The van der Waals surface area contributed by atoms with E-state index >= 15 is 0 Å². The molecule has 1 aliphatic rings. The van der Waals surface area contributed by atoms with Gasteiger partial charge < -0.3 is 0 Å².